The van der Waals surface area contributed by atoms with E-state index in [4.69, 9.17) is 0 Å². The number of urea groups is 1. The van der Waals surface area contributed by atoms with E-state index >= 15 is 0 Å². The first-order valence-corrected chi connectivity index (χ1v) is 7.88. The highest BCUT2D eigenvalue weighted by Crippen LogP contribution is 2.24. The largest absolute Gasteiger partial charge is 0.338 e. The molecule has 4 nitrogen and oxygen atoms in total. The van der Waals surface area contributed by atoms with Gasteiger partial charge in [-0.05, 0) is 50.7 Å². The fourth-order valence-corrected chi connectivity index (χ4v) is 3.19. The fraction of sp³-hybridized carbons (Fsp3) is 0.933. The van der Waals surface area contributed by atoms with Crippen molar-refractivity contribution in [2.24, 2.45) is 11.8 Å². The number of hydrogen-bond acceptors (Lipinski definition) is 2. The molecule has 2 saturated heterocycles. The van der Waals surface area contributed by atoms with Crippen LogP contribution >= 0.6 is 0 Å². The van der Waals surface area contributed by atoms with Gasteiger partial charge in [-0.3, -0.25) is 0 Å². The summed E-state index contributed by atoms with van der Waals surface area (Å²) < 4.78 is 0. The smallest absolute Gasteiger partial charge is 0.317 e. The molecule has 0 spiro atoms. The van der Waals surface area contributed by atoms with Crippen LogP contribution < -0.4 is 5.32 Å². The van der Waals surface area contributed by atoms with Crippen LogP contribution in [-0.2, 0) is 0 Å². The minimum absolute atomic E-state index is 0.155. The number of carbonyl (C=O) groups is 1. The summed E-state index contributed by atoms with van der Waals surface area (Å²) in [6.07, 6.45) is 3.61. The number of nitrogens with one attached hydrogen (secondary N) is 1. The third kappa shape index (κ3) is 3.62. The zero-order chi connectivity index (χ0) is 13.8. The predicted octanol–water partition coefficient (Wildman–Crippen LogP) is 2.16. The van der Waals surface area contributed by atoms with E-state index in [1.54, 1.807) is 0 Å². The number of rotatable bonds is 4. The molecule has 4 heteroatoms. The van der Waals surface area contributed by atoms with Crippen molar-refractivity contribution in [3.8, 4) is 0 Å². The van der Waals surface area contributed by atoms with Crippen molar-refractivity contribution in [1.29, 1.82) is 0 Å². The lowest BCUT2D eigenvalue weighted by Gasteiger charge is -2.43. The van der Waals surface area contributed by atoms with E-state index < -0.39 is 0 Å². The minimum atomic E-state index is 0.155. The number of amides is 2. The average Bonchev–Trinajstić information content (AvgIpc) is 2.35. The van der Waals surface area contributed by atoms with Crippen molar-refractivity contribution >= 4 is 6.03 Å². The molecule has 0 aliphatic carbocycles. The molecule has 0 aromatic carbocycles. The Balaban J connectivity index is 1.67. The van der Waals surface area contributed by atoms with Crippen LogP contribution in [0.15, 0.2) is 0 Å². The summed E-state index contributed by atoms with van der Waals surface area (Å²) in [7, 11) is 0. The van der Waals surface area contributed by atoms with Gasteiger partial charge in [-0.1, -0.05) is 20.8 Å². The summed E-state index contributed by atoms with van der Waals surface area (Å²) in [5.74, 6) is 1.25. The molecule has 2 amide bonds. The van der Waals surface area contributed by atoms with Gasteiger partial charge in [0.25, 0.3) is 0 Å². The second kappa shape index (κ2) is 6.60. The molecule has 0 aromatic rings. The monoisotopic (exact) mass is 267 g/mol. The molecule has 1 unspecified atom stereocenters. The summed E-state index contributed by atoms with van der Waals surface area (Å²) in [6, 6.07) is 0.616. The first-order chi connectivity index (χ1) is 9.11. The lowest BCUT2D eigenvalue weighted by atomic mass is 9.92. The molecule has 110 valence electrons. The maximum atomic E-state index is 12.1. The zero-order valence-corrected chi connectivity index (χ0v) is 12.7. The van der Waals surface area contributed by atoms with Crippen molar-refractivity contribution < 1.29 is 4.79 Å². The molecule has 0 saturated carbocycles. The molecule has 2 aliphatic heterocycles. The Hall–Kier alpha value is -0.770. The van der Waals surface area contributed by atoms with Crippen molar-refractivity contribution in [1.82, 2.24) is 15.1 Å². The highest BCUT2D eigenvalue weighted by Gasteiger charge is 2.34. The molecule has 2 fully saturated rings. The van der Waals surface area contributed by atoms with Crippen molar-refractivity contribution in [2.75, 3.05) is 32.7 Å². The van der Waals surface area contributed by atoms with Gasteiger partial charge < -0.3 is 15.1 Å². The molecule has 1 atom stereocenters. The Kier molecular flexibility index (Phi) is 5.08. The molecule has 1 N–H and O–H groups in total. The van der Waals surface area contributed by atoms with Crippen LogP contribution in [-0.4, -0.2) is 54.6 Å². The zero-order valence-electron chi connectivity index (χ0n) is 12.7. The Morgan fingerprint density at radius 3 is 2.37 bits per heavy atom. The molecular formula is C15H29N3O. The SMILES string of the molecule is CCN1CCC(CNC(=O)N2CCC2C(C)C)CC1. The van der Waals surface area contributed by atoms with Gasteiger partial charge in [-0.2, -0.15) is 0 Å². The maximum Gasteiger partial charge on any atom is 0.317 e. The van der Waals surface area contributed by atoms with Crippen molar-refractivity contribution in [3.63, 3.8) is 0 Å². The number of carbonyl (C=O) groups excluding carboxylic acids is 1. The topological polar surface area (TPSA) is 35.6 Å². The normalized spacial score (nSPS) is 25.5. The lowest BCUT2D eigenvalue weighted by Crippen LogP contribution is -2.57. The van der Waals surface area contributed by atoms with Crippen LogP contribution in [0, 0.1) is 11.8 Å². The summed E-state index contributed by atoms with van der Waals surface area (Å²) >= 11 is 0. The summed E-state index contributed by atoms with van der Waals surface area (Å²) in [5, 5.41) is 3.14. The van der Waals surface area contributed by atoms with Gasteiger partial charge in [-0.15, -0.1) is 0 Å². The molecule has 2 rings (SSSR count). The van der Waals surface area contributed by atoms with Gasteiger partial charge >= 0.3 is 6.03 Å². The highest BCUT2D eigenvalue weighted by molar-refractivity contribution is 5.75. The van der Waals surface area contributed by atoms with Crippen LogP contribution in [0.5, 0.6) is 0 Å². The third-order valence-corrected chi connectivity index (χ3v) is 4.79. The van der Waals surface area contributed by atoms with E-state index in [9.17, 15) is 4.79 Å². The molecular weight excluding hydrogens is 238 g/mol. The highest BCUT2D eigenvalue weighted by atomic mass is 16.2. The second-order valence-corrected chi connectivity index (χ2v) is 6.36. The molecule has 2 aliphatic rings. The minimum Gasteiger partial charge on any atom is -0.338 e. The molecule has 2 heterocycles. The van der Waals surface area contributed by atoms with Gasteiger partial charge in [-0.25, -0.2) is 4.79 Å². The Morgan fingerprint density at radius 2 is 1.89 bits per heavy atom. The molecule has 19 heavy (non-hydrogen) atoms. The third-order valence-electron chi connectivity index (χ3n) is 4.79. The number of likely N-dealkylation sites (tertiary alicyclic amines) is 2. The Bertz CT molecular complexity index is 298. The summed E-state index contributed by atoms with van der Waals surface area (Å²) in [4.78, 5) is 16.6. The van der Waals surface area contributed by atoms with E-state index in [0.29, 0.717) is 17.9 Å². The summed E-state index contributed by atoms with van der Waals surface area (Å²) in [5.41, 5.74) is 0. The molecule has 0 radical (unpaired) electrons. The predicted molar refractivity (Wildman–Crippen MR) is 78.2 cm³/mol. The lowest BCUT2D eigenvalue weighted by molar-refractivity contribution is 0.0845. The second-order valence-electron chi connectivity index (χ2n) is 6.36. The summed E-state index contributed by atoms with van der Waals surface area (Å²) in [6.45, 7) is 11.9. The van der Waals surface area contributed by atoms with E-state index in [2.05, 4.69) is 31.0 Å². The van der Waals surface area contributed by atoms with Gasteiger partial charge in [0.2, 0.25) is 0 Å². The van der Waals surface area contributed by atoms with Gasteiger partial charge in [0.05, 0.1) is 0 Å². The van der Waals surface area contributed by atoms with Crippen LogP contribution in [0.2, 0.25) is 0 Å². The van der Waals surface area contributed by atoms with Gasteiger partial charge in [0.15, 0.2) is 0 Å². The maximum absolute atomic E-state index is 12.1. The molecule has 0 aromatic heterocycles. The fourth-order valence-electron chi connectivity index (χ4n) is 3.19. The number of nitrogens with zero attached hydrogens (tertiary/aromatic N) is 2. The van der Waals surface area contributed by atoms with E-state index in [0.717, 1.165) is 19.6 Å². The van der Waals surface area contributed by atoms with E-state index in [1.807, 2.05) is 4.90 Å². The van der Waals surface area contributed by atoms with Crippen LogP contribution in [0.1, 0.15) is 40.0 Å². The van der Waals surface area contributed by atoms with E-state index in [-0.39, 0.29) is 6.03 Å². The number of hydrogen-bond donors (Lipinski definition) is 1. The van der Waals surface area contributed by atoms with Gasteiger partial charge in [0, 0.05) is 19.1 Å². The number of piperidine rings is 1. The first kappa shape index (κ1) is 14.6. The average molecular weight is 267 g/mol. The standard InChI is InChI=1S/C15H29N3O/c1-4-17-8-5-13(6-9-17)11-16-15(19)18-10-7-14(18)12(2)3/h12-14H,4-11H2,1-3H3,(H,16,19). The first-order valence-electron chi connectivity index (χ1n) is 7.88. The Labute approximate surface area is 117 Å². The molecule has 0 bridgehead atoms. The van der Waals surface area contributed by atoms with Crippen LogP contribution in [0.3, 0.4) is 0 Å². The van der Waals surface area contributed by atoms with Crippen LogP contribution in [0.4, 0.5) is 4.79 Å². The van der Waals surface area contributed by atoms with Gasteiger partial charge in [0.1, 0.15) is 0 Å². The van der Waals surface area contributed by atoms with Crippen molar-refractivity contribution in [3.05, 3.63) is 0 Å². The Morgan fingerprint density at radius 1 is 1.21 bits per heavy atom. The van der Waals surface area contributed by atoms with Crippen LogP contribution in [0.25, 0.3) is 0 Å². The van der Waals surface area contributed by atoms with Crippen molar-refractivity contribution in [2.45, 2.75) is 46.1 Å². The quantitative estimate of drug-likeness (QED) is 0.847. The van der Waals surface area contributed by atoms with E-state index in [1.165, 1.54) is 32.4 Å².